The van der Waals surface area contributed by atoms with Crippen molar-refractivity contribution in [3.05, 3.63) is 54.6 Å². The second kappa shape index (κ2) is 9.03. The Morgan fingerprint density at radius 2 is 1.86 bits per heavy atom. The fourth-order valence-corrected chi connectivity index (χ4v) is 3.71. The number of nitriles is 1. The Morgan fingerprint density at radius 3 is 2.48 bits per heavy atom. The molecule has 1 unspecified atom stereocenters. The molecule has 3 amide bonds. The number of hydrogen-bond acceptors (Lipinski definition) is 6. The topological polar surface area (TPSA) is 115 Å². The minimum Gasteiger partial charge on any atom is -0.326 e. The lowest BCUT2D eigenvalue weighted by atomic mass is 10.2. The lowest BCUT2D eigenvalue weighted by Crippen LogP contribution is -2.32. The van der Waals surface area contributed by atoms with Crippen molar-refractivity contribution in [1.29, 1.82) is 5.26 Å². The summed E-state index contributed by atoms with van der Waals surface area (Å²) < 4.78 is 0. The van der Waals surface area contributed by atoms with Gasteiger partial charge in [-0.2, -0.15) is 5.26 Å². The molecule has 0 aliphatic carbocycles. The molecule has 1 aliphatic rings. The van der Waals surface area contributed by atoms with E-state index in [1.54, 1.807) is 42.6 Å². The third kappa shape index (κ3) is 5.00. The highest BCUT2D eigenvalue weighted by molar-refractivity contribution is 8.15. The van der Waals surface area contributed by atoms with Gasteiger partial charge in [0.15, 0.2) is 11.4 Å². The van der Waals surface area contributed by atoms with Crippen molar-refractivity contribution in [2.75, 3.05) is 10.2 Å². The van der Waals surface area contributed by atoms with Crippen LogP contribution in [0.2, 0.25) is 0 Å². The maximum Gasteiger partial charge on any atom is 0.247 e. The first-order valence-corrected chi connectivity index (χ1v) is 9.56. The van der Waals surface area contributed by atoms with Crippen LogP contribution in [0.3, 0.4) is 0 Å². The Morgan fingerprint density at radius 1 is 1.17 bits per heavy atom. The Labute approximate surface area is 171 Å². The van der Waals surface area contributed by atoms with Gasteiger partial charge in [-0.1, -0.05) is 30.0 Å². The summed E-state index contributed by atoms with van der Waals surface area (Å²) in [6.45, 7) is 1.40. The van der Waals surface area contributed by atoms with Crippen LogP contribution in [0.15, 0.2) is 59.6 Å². The van der Waals surface area contributed by atoms with E-state index in [2.05, 4.69) is 15.6 Å². The molecule has 9 heteroatoms. The minimum absolute atomic E-state index is 0.00212. The number of imide groups is 1. The van der Waals surface area contributed by atoms with Gasteiger partial charge in [0.1, 0.15) is 5.25 Å². The fourth-order valence-electron chi connectivity index (χ4n) is 2.75. The van der Waals surface area contributed by atoms with E-state index in [4.69, 9.17) is 5.26 Å². The van der Waals surface area contributed by atoms with Gasteiger partial charge in [-0.3, -0.25) is 19.7 Å². The molecule has 1 saturated heterocycles. The van der Waals surface area contributed by atoms with Gasteiger partial charge in [-0.05, 0) is 36.4 Å². The van der Waals surface area contributed by atoms with Crippen LogP contribution in [0.5, 0.6) is 0 Å². The van der Waals surface area contributed by atoms with Crippen LogP contribution >= 0.6 is 11.8 Å². The number of benzene rings is 2. The van der Waals surface area contributed by atoms with E-state index in [-0.39, 0.29) is 29.3 Å². The molecule has 0 aromatic heterocycles. The van der Waals surface area contributed by atoms with E-state index < -0.39 is 5.25 Å². The van der Waals surface area contributed by atoms with Crippen LogP contribution in [0.25, 0.3) is 0 Å². The first kappa shape index (κ1) is 20.1. The zero-order valence-electron chi connectivity index (χ0n) is 15.5. The summed E-state index contributed by atoms with van der Waals surface area (Å²) >= 11 is 1.04. The third-order valence-corrected chi connectivity index (χ3v) is 5.02. The van der Waals surface area contributed by atoms with E-state index >= 15 is 0 Å². The standard InChI is InChI=1S/C20H17N5O3S/c1-13(26)23-15-7-9-16(10-8-15)25-18(27)11-17(19(25)28)29-20(22-12-21)24-14-5-3-2-4-6-14/h2-10,17H,11H2,1H3,(H,22,24)(H,23,26). The lowest BCUT2D eigenvalue weighted by Gasteiger charge is -2.15. The van der Waals surface area contributed by atoms with Gasteiger partial charge < -0.3 is 5.32 Å². The molecule has 1 atom stereocenters. The number of nitrogens with zero attached hydrogens (tertiary/aromatic N) is 3. The van der Waals surface area contributed by atoms with E-state index in [1.165, 1.54) is 6.92 Å². The number of amidine groups is 1. The van der Waals surface area contributed by atoms with E-state index in [9.17, 15) is 14.4 Å². The number of rotatable bonds is 4. The smallest absolute Gasteiger partial charge is 0.247 e. The predicted molar refractivity (Wildman–Crippen MR) is 112 cm³/mol. The largest absolute Gasteiger partial charge is 0.326 e. The Kier molecular flexibility index (Phi) is 6.26. The molecule has 0 spiro atoms. The van der Waals surface area contributed by atoms with Gasteiger partial charge >= 0.3 is 0 Å². The second-order valence-corrected chi connectivity index (χ2v) is 7.29. The molecule has 0 saturated carbocycles. The first-order chi connectivity index (χ1) is 14.0. The number of nitrogens with one attached hydrogen (secondary N) is 2. The molecule has 0 bridgehead atoms. The number of carbonyl (C=O) groups excluding carboxylic acids is 3. The van der Waals surface area contributed by atoms with Crippen molar-refractivity contribution < 1.29 is 14.4 Å². The summed E-state index contributed by atoms with van der Waals surface area (Å²) in [7, 11) is 0. The molecule has 2 N–H and O–H groups in total. The number of thioether (sulfide) groups is 1. The van der Waals surface area contributed by atoms with Crippen molar-refractivity contribution in [3.8, 4) is 6.19 Å². The lowest BCUT2D eigenvalue weighted by molar-refractivity contribution is -0.121. The Bertz CT molecular complexity index is 999. The molecule has 8 nitrogen and oxygen atoms in total. The maximum absolute atomic E-state index is 12.8. The molecule has 2 aromatic rings. The molecular weight excluding hydrogens is 390 g/mol. The van der Waals surface area contributed by atoms with Gasteiger partial charge in [-0.15, -0.1) is 0 Å². The van der Waals surface area contributed by atoms with E-state index in [0.717, 1.165) is 16.7 Å². The molecule has 1 fully saturated rings. The normalized spacial score (nSPS) is 16.5. The van der Waals surface area contributed by atoms with E-state index in [0.29, 0.717) is 17.1 Å². The quantitative estimate of drug-likeness (QED) is 0.265. The summed E-state index contributed by atoms with van der Waals surface area (Å²) in [5, 5.41) is 13.6. The maximum atomic E-state index is 12.8. The van der Waals surface area contributed by atoms with Gasteiger partial charge in [0.25, 0.3) is 0 Å². The van der Waals surface area contributed by atoms with E-state index in [1.807, 2.05) is 18.2 Å². The zero-order valence-corrected chi connectivity index (χ0v) is 16.3. The fraction of sp³-hybridized carbons (Fsp3) is 0.150. The molecule has 146 valence electrons. The molecular formula is C20H17N5O3S. The zero-order chi connectivity index (χ0) is 20.8. The predicted octanol–water partition coefficient (Wildman–Crippen LogP) is 2.77. The van der Waals surface area contributed by atoms with Crippen molar-refractivity contribution in [3.63, 3.8) is 0 Å². The van der Waals surface area contributed by atoms with Crippen molar-refractivity contribution >= 4 is 51.7 Å². The molecule has 0 radical (unpaired) electrons. The highest BCUT2D eigenvalue weighted by atomic mass is 32.2. The number of aliphatic imine (C=N–C) groups is 1. The SMILES string of the molecule is CC(=O)Nc1ccc(N2C(=O)CC(SC(=Nc3ccccc3)NC#N)C2=O)cc1. The second-order valence-electron chi connectivity index (χ2n) is 6.10. The highest BCUT2D eigenvalue weighted by Crippen LogP contribution is 2.31. The molecule has 1 heterocycles. The van der Waals surface area contributed by atoms with Gasteiger partial charge in [0.2, 0.25) is 17.7 Å². The van der Waals surface area contributed by atoms with Crippen LogP contribution < -0.4 is 15.5 Å². The van der Waals surface area contributed by atoms with Crippen LogP contribution in [-0.2, 0) is 14.4 Å². The first-order valence-electron chi connectivity index (χ1n) is 8.68. The molecule has 2 aromatic carbocycles. The number of para-hydroxylation sites is 1. The van der Waals surface area contributed by atoms with Crippen LogP contribution in [-0.4, -0.2) is 28.1 Å². The average Bonchev–Trinajstić information content (AvgIpc) is 2.96. The van der Waals surface area contributed by atoms with Crippen molar-refractivity contribution in [2.24, 2.45) is 4.99 Å². The summed E-state index contributed by atoms with van der Waals surface area (Å²) in [5.41, 5.74) is 1.62. The van der Waals surface area contributed by atoms with Gasteiger partial charge in [0, 0.05) is 19.0 Å². The number of carbonyl (C=O) groups is 3. The third-order valence-electron chi connectivity index (χ3n) is 3.95. The van der Waals surface area contributed by atoms with Gasteiger partial charge in [-0.25, -0.2) is 9.89 Å². The summed E-state index contributed by atoms with van der Waals surface area (Å²) in [6.07, 6.45) is 1.80. The number of anilines is 2. The number of amides is 3. The van der Waals surface area contributed by atoms with Crippen molar-refractivity contribution in [1.82, 2.24) is 5.32 Å². The molecule has 29 heavy (non-hydrogen) atoms. The Balaban J connectivity index is 1.76. The highest BCUT2D eigenvalue weighted by Gasteiger charge is 2.40. The average molecular weight is 407 g/mol. The van der Waals surface area contributed by atoms with Crippen LogP contribution in [0.4, 0.5) is 17.1 Å². The summed E-state index contributed by atoms with van der Waals surface area (Å²) in [5.74, 6) is -0.929. The van der Waals surface area contributed by atoms with Crippen LogP contribution in [0.1, 0.15) is 13.3 Å². The summed E-state index contributed by atoms with van der Waals surface area (Å²) in [6, 6.07) is 15.4. The molecule has 3 rings (SSSR count). The minimum atomic E-state index is -0.694. The Hall–Kier alpha value is -3.64. The molecule has 1 aliphatic heterocycles. The van der Waals surface area contributed by atoms with Crippen molar-refractivity contribution in [2.45, 2.75) is 18.6 Å². The van der Waals surface area contributed by atoms with Gasteiger partial charge in [0.05, 0.1) is 11.4 Å². The van der Waals surface area contributed by atoms with Crippen LogP contribution in [0, 0.1) is 11.5 Å². The number of hydrogen-bond donors (Lipinski definition) is 2. The monoisotopic (exact) mass is 407 g/mol. The summed E-state index contributed by atoms with van der Waals surface area (Å²) in [4.78, 5) is 41.8.